The van der Waals surface area contributed by atoms with Gasteiger partial charge in [-0.25, -0.2) is 0 Å². The Labute approximate surface area is 141 Å². The number of rotatable bonds is 4. The topological polar surface area (TPSA) is 85.2 Å². The molecule has 0 atom stereocenters. The molecule has 0 unspecified atom stereocenters. The number of hydrogen-bond donors (Lipinski definition) is 2. The van der Waals surface area contributed by atoms with Gasteiger partial charge in [-0.05, 0) is 50.3 Å². The number of carbonyl (C=O) groups excluding carboxylic acids is 2. The first kappa shape index (κ1) is 17.3. The second kappa shape index (κ2) is 7.01. The van der Waals surface area contributed by atoms with Gasteiger partial charge in [0.1, 0.15) is 5.54 Å². The summed E-state index contributed by atoms with van der Waals surface area (Å²) in [5.41, 5.74) is 1.24. The fourth-order valence-electron chi connectivity index (χ4n) is 2.18. The molecule has 1 aliphatic heterocycles. The van der Waals surface area contributed by atoms with Gasteiger partial charge >= 0.3 is 0 Å². The first-order valence-corrected chi connectivity index (χ1v) is 7.57. The molecule has 2 rings (SSSR count). The van der Waals surface area contributed by atoms with E-state index in [1.54, 1.807) is 36.5 Å². The van der Waals surface area contributed by atoms with Crippen molar-refractivity contribution in [3.8, 4) is 6.07 Å². The van der Waals surface area contributed by atoms with Crippen LogP contribution in [0, 0.1) is 11.3 Å². The molecule has 0 radical (unpaired) electrons. The Kier molecular flexibility index (Phi) is 5.05. The highest BCUT2D eigenvalue weighted by Gasteiger charge is 2.24. The Morgan fingerprint density at radius 2 is 1.88 bits per heavy atom. The van der Waals surface area contributed by atoms with E-state index in [4.69, 9.17) is 5.26 Å². The second-order valence-electron chi connectivity index (χ2n) is 6.01. The third kappa shape index (κ3) is 4.23. The van der Waals surface area contributed by atoms with Gasteiger partial charge in [0.05, 0.1) is 6.07 Å². The number of benzene rings is 1. The monoisotopic (exact) mass is 324 g/mol. The van der Waals surface area contributed by atoms with Crippen molar-refractivity contribution in [1.29, 1.82) is 5.26 Å². The molecule has 0 spiro atoms. The predicted octanol–water partition coefficient (Wildman–Crippen LogP) is 2.39. The van der Waals surface area contributed by atoms with E-state index in [0.717, 1.165) is 0 Å². The predicted molar refractivity (Wildman–Crippen MR) is 91.8 cm³/mol. The molecular weight excluding hydrogens is 304 g/mol. The van der Waals surface area contributed by atoms with Crippen molar-refractivity contribution < 1.29 is 9.59 Å². The molecule has 24 heavy (non-hydrogen) atoms. The number of carbonyl (C=O) groups is 2. The number of allylic oxidation sites excluding steroid dienone is 1. The molecule has 1 heterocycles. The highest BCUT2D eigenvalue weighted by atomic mass is 16.2. The molecule has 6 heteroatoms. The van der Waals surface area contributed by atoms with Crippen molar-refractivity contribution in [3.05, 3.63) is 53.9 Å². The fourth-order valence-corrected chi connectivity index (χ4v) is 2.18. The van der Waals surface area contributed by atoms with Crippen molar-refractivity contribution in [2.45, 2.75) is 26.3 Å². The number of hydrogen-bond acceptors (Lipinski definition) is 4. The third-order valence-corrected chi connectivity index (χ3v) is 3.66. The molecule has 1 aromatic carbocycles. The molecule has 6 nitrogen and oxygen atoms in total. The number of nitrogens with zero attached hydrogens (tertiary/aromatic N) is 2. The van der Waals surface area contributed by atoms with Crippen LogP contribution in [0.3, 0.4) is 0 Å². The van der Waals surface area contributed by atoms with Gasteiger partial charge < -0.3 is 15.5 Å². The van der Waals surface area contributed by atoms with Gasteiger partial charge in [-0.2, -0.15) is 5.26 Å². The SMILES string of the molecule is CC(=O)Nc1ccc(C(=O)NC2=CCN(C(C)(C)C#N)C=C2)cc1. The van der Waals surface area contributed by atoms with Gasteiger partial charge in [-0.15, -0.1) is 0 Å². The zero-order valence-corrected chi connectivity index (χ0v) is 14.0. The van der Waals surface area contributed by atoms with Crippen LogP contribution in [-0.2, 0) is 4.79 Å². The first-order chi connectivity index (χ1) is 11.3. The van der Waals surface area contributed by atoms with Crippen LogP contribution < -0.4 is 10.6 Å². The number of amides is 2. The maximum Gasteiger partial charge on any atom is 0.255 e. The third-order valence-electron chi connectivity index (χ3n) is 3.66. The van der Waals surface area contributed by atoms with Crippen molar-refractivity contribution >= 4 is 17.5 Å². The van der Waals surface area contributed by atoms with Crippen molar-refractivity contribution in [2.24, 2.45) is 0 Å². The Balaban J connectivity index is 1.98. The quantitative estimate of drug-likeness (QED) is 0.890. The summed E-state index contributed by atoms with van der Waals surface area (Å²) < 4.78 is 0. The maximum atomic E-state index is 12.2. The van der Waals surface area contributed by atoms with Crippen molar-refractivity contribution in [2.75, 3.05) is 11.9 Å². The Hall–Kier alpha value is -3.07. The van der Waals surface area contributed by atoms with Crippen LogP contribution in [0.1, 0.15) is 31.1 Å². The zero-order valence-electron chi connectivity index (χ0n) is 14.0. The maximum absolute atomic E-state index is 12.2. The molecule has 2 N–H and O–H groups in total. The largest absolute Gasteiger partial charge is 0.356 e. The summed E-state index contributed by atoms with van der Waals surface area (Å²) in [5, 5.41) is 14.6. The molecule has 0 saturated heterocycles. The lowest BCUT2D eigenvalue weighted by molar-refractivity contribution is -0.114. The molecular formula is C18H20N4O2. The summed E-state index contributed by atoms with van der Waals surface area (Å²) in [6, 6.07) is 8.90. The van der Waals surface area contributed by atoms with Crippen LogP contribution in [0.2, 0.25) is 0 Å². The first-order valence-electron chi connectivity index (χ1n) is 7.57. The molecule has 124 valence electrons. The lowest BCUT2D eigenvalue weighted by Gasteiger charge is -2.33. The van der Waals surface area contributed by atoms with E-state index in [9.17, 15) is 9.59 Å². The van der Waals surface area contributed by atoms with Gasteiger partial charge in [0, 0.05) is 36.6 Å². The molecule has 1 aromatic rings. The van der Waals surface area contributed by atoms with Gasteiger partial charge in [0.2, 0.25) is 5.91 Å². The number of anilines is 1. The number of nitriles is 1. The lowest BCUT2D eigenvalue weighted by Crippen LogP contribution is -2.40. The molecule has 0 saturated carbocycles. The van der Waals surface area contributed by atoms with Gasteiger partial charge in [-0.1, -0.05) is 0 Å². The standard InChI is InChI=1S/C18H20N4O2/c1-13(23)20-15-6-4-14(5-7-15)17(24)21-16-8-10-22(11-9-16)18(2,3)12-19/h4-10H,11H2,1-3H3,(H,20,23)(H,21,24). The van der Waals surface area contributed by atoms with E-state index in [0.29, 0.717) is 23.5 Å². The fraction of sp³-hybridized carbons (Fsp3) is 0.278. The minimum atomic E-state index is -0.595. The van der Waals surface area contributed by atoms with Crippen molar-refractivity contribution in [3.63, 3.8) is 0 Å². The summed E-state index contributed by atoms with van der Waals surface area (Å²) >= 11 is 0. The minimum Gasteiger partial charge on any atom is -0.356 e. The van der Waals surface area contributed by atoms with Crippen LogP contribution in [0.5, 0.6) is 0 Å². The van der Waals surface area contributed by atoms with E-state index in [-0.39, 0.29) is 11.8 Å². The Morgan fingerprint density at radius 3 is 2.38 bits per heavy atom. The van der Waals surface area contributed by atoms with Crippen LogP contribution in [-0.4, -0.2) is 28.8 Å². The minimum absolute atomic E-state index is 0.158. The Bertz CT molecular complexity index is 739. The van der Waals surface area contributed by atoms with E-state index in [1.165, 1.54) is 6.92 Å². The average Bonchev–Trinajstić information content (AvgIpc) is 2.55. The summed E-state index contributed by atoms with van der Waals surface area (Å²) in [6.45, 7) is 5.66. The van der Waals surface area contributed by atoms with Crippen LogP contribution >= 0.6 is 0 Å². The normalized spacial score (nSPS) is 13.8. The van der Waals surface area contributed by atoms with Gasteiger partial charge in [-0.3, -0.25) is 9.59 Å². The summed E-state index contributed by atoms with van der Waals surface area (Å²) in [6.07, 6.45) is 5.44. The lowest BCUT2D eigenvalue weighted by atomic mass is 10.0. The van der Waals surface area contributed by atoms with E-state index >= 15 is 0 Å². The molecule has 1 aliphatic rings. The van der Waals surface area contributed by atoms with E-state index < -0.39 is 5.54 Å². The van der Waals surface area contributed by atoms with Crippen LogP contribution in [0.25, 0.3) is 0 Å². The molecule has 0 bridgehead atoms. The molecule has 0 aliphatic carbocycles. The highest BCUT2D eigenvalue weighted by molar-refractivity contribution is 5.96. The van der Waals surface area contributed by atoms with Crippen LogP contribution in [0.15, 0.2) is 48.3 Å². The average molecular weight is 324 g/mol. The summed E-state index contributed by atoms with van der Waals surface area (Å²) in [5.74, 6) is -0.386. The number of nitrogens with one attached hydrogen (secondary N) is 2. The summed E-state index contributed by atoms with van der Waals surface area (Å²) in [7, 11) is 0. The molecule has 0 aromatic heterocycles. The second-order valence-corrected chi connectivity index (χ2v) is 6.01. The zero-order chi connectivity index (χ0) is 17.7. The highest BCUT2D eigenvalue weighted by Crippen LogP contribution is 2.17. The molecule has 2 amide bonds. The van der Waals surface area contributed by atoms with Gasteiger partial charge in [0.25, 0.3) is 5.91 Å². The molecule has 0 fully saturated rings. The smallest absolute Gasteiger partial charge is 0.255 e. The van der Waals surface area contributed by atoms with Crippen LogP contribution in [0.4, 0.5) is 5.69 Å². The van der Waals surface area contributed by atoms with E-state index in [2.05, 4.69) is 16.7 Å². The Morgan fingerprint density at radius 1 is 1.21 bits per heavy atom. The summed E-state index contributed by atoms with van der Waals surface area (Å²) in [4.78, 5) is 25.1. The van der Waals surface area contributed by atoms with E-state index in [1.807, 2.05) is 24.8 Å². The van der Waals surface area contributed by atoms with Gasteiger partial charge in [0.15, 0.2) is 0 Å². The van der Waals surface area contributed by atoms with Crippen molar-refractivity contribution in [1.82, 2.24) is 10.2 Å².